The van der Waals surface area contributed by atoms with E-state index in [0.29, 0.717) is 0 Å². The molecule has 1 nitrogen and oxygen atoms in total. The average Bonchev–Trinajstić information content (AvgIpc) is 2.30. The lowest BCUT2D eigenvalue weighted by Gasteiger charge is -2.03. The van der Waals surface area contributed by atoms with E-state index in [9.17, 15) is 4.79 Å². The van der Waals surface area contributed by atoms with Gasteiger partial charge in [-0.05, 0) is 81.6 Å². The molecule has 0 aliphatic heterocycles. The molecule has 0 bridgehead atoms. The Morgan fingerprint density at radius 1 is 0.875 bits per heavy atom. The number of carbonyl (C=O) groups is 1. The van der Waals surface area contributed by atoms with Gasteiger partial charge in [0.2, 0.25) is 0 Å². The van der Waals surface area contributed by atoms with Gasteiger partial charge >= 0.3 is 0 Å². The summed E-state index contributed by atoms with van der Waals surface area (Å²) >= 11 is 4.42. The van der Waals surface area contributed by atoms with Crippen LogP contribution in [0, 0.1) is 7.14 Å². The summed E-state index contributed by atoms with van der Waals surface area (Å²) in [6.45, 7) is 0. The number of hydrogen-bond acceptors (Lipinski definition) is 1. The minimum absolute atomic E-state index is 0.0846. The molecular formula is C13H8I2O. The van der Waals surface area contributed by atoms with Crippen LogP contribution in [-0.4, -0.2) is 5.78 Å². The zero-order valence-electron chi connectivity index (χ0n) is 8.28. The van der Waals surface area contributed by atoms with Gasteiger partial charge in [-0.2, -0.15) is 0 Å². The lowest BCUT2D eigenvalue weighted by molar-refractivity contribution is 0.103. The van der Waals surface area contributed by atoms with Crippen LogP contribution in [0.15, 0.2) is 48.5 Å². The first-order chi connectivity index (χ1) is 7.68. The SMILES string of the molecule is O=C(c1ccc(I)cc1)c1ccccc1I. The third kappa shape index (κ3) is 2.63. The minimum Gasteiger partial charge on any atom is -0.289 e. The number of benzene rings is 2. The standard InChI is InChI=1S/C13H8I2O/c14-10-7-5-9(6-8-10)13(16)11-3-1-2-4-12(11)15/h1-8H. The zero-order valence-corrected chi connectivity index (χ0v) is 12.6. The molecule has 0 atom stereocenters. The van der Waals surface area contributed by atoms with Crippen LogP contribution < -0.4 is 0 Å². The molecule has 0 N–H and O–H groups in total. The Balaban J connectivity index is 2.40. The van der Waals surface area contributed by atoms with Crippen molar-refractivity contribution < 1.29 is 4.79 Å². The largest absolute Gasteiger partial charge is 0.289 e. The Hall–Kier alpha value is -0.430. The quantitative estimate of drug-likeness (QED) is 0.514. The van der Waals surface area contributed by atoms with Crippen molar-refractivity contribution in [2.24, 2.45) is 0 Å². The second-order valence-electron chi connectivity index (χ2n) is 3.32. The van der Waals surface area contributed by atoms with Gasteiger partial charge in [-0.25, -0.2) is 0 Å². The van der Waals surface area contributed by atoms with Crippen LogP contribution in [0.5, 0.6) is 0 Å². The zero-order chi connectivity index (χ0) is 11.5. The summed E-state index contributed by atoms with van der Waals surface area (Å²) in [6, 6.07) is 15.3. The van der Waals surface area contributed by atoms with Crippen LogP contribution in [0.2, 0.25) is 0 Å². The second kappa shape index (κ2) is 5.27. The maximum absolute atomic E-state index is 12.2. The molecule has 0 spiro atoms. The van der Waals surface area contributed by atoms with E-state index in [0.717, 1.165) is 18.3 Å². The first kappa shape index (κ1) is 12.0. The average molecular weight is 434 g/mol. The van der Waals surface area contributed by atoms with Crippen molar-refractivity contribution >= 4 is 51.0 Å². The Bertz CT molecular complexity index is 518. The molecule has 0 radical (unpaired) electrons. The maximum Gasteiger partial charge on any atom is 0.194 e. The van der Waals surface area contributed by atoms with E-state index >= 15 is 0 Å². The van der Waals surface area contributed by atoms with Crippen molar-refractivity contribution in [1.29, 1.82) is 0 Å². The Labute approximate surface area is 122 Å². The Morgan fingerprint density at radius 2 is 1.50 bits per heavy atom. The molecule has 2 aromatic rings. The van der Waals surface area contributed by atoms with Crippen LogP contribution in [0.1, 0.15) is 15.9 Å². The van der Waals surface area contributed by atoms with E-state index < -0.39 is 0 Å². The monoisotopic (exact) mass is 434 g/mol. The normalized spacial score (nSPS) is 10.1. The Kier molecular flexibility index (Phi) is 3.96. The van der Waals surface area contributed by atoms with Crippen LogP contribution in [0.4, 0.5) is 0 Å². The molecule has 2 aromatic carbocycles. The smallest absolute Gasteiger partial charge is 0.194 e. The van der Waals surface area contributed by atoms with E-state index in [1.165, 1.54) is 0 Å². The molecule has 2 rings (SSSR count). The molecule has 3 heteroatoms. The van der Waals surface area contributed by atoms with Crippen molar-refractivity contribution in [2.75, 3.05) is 0 Å². The lowest BCUT2D eigenvalue weighted by atomic mass is 10.0. The van der Waals surface area contributed by atoms with Crippen molar-refractivity contribution in [3.8, 4) is 0 Å². The summed E-state index contributed by atoms with van der Waals surface area (Å²) in [7, 11) is 0. The summed E-state index contributed by atoms with van der Waals surface area (Å²) in [6.07, 6.45) is 0. The molecule has 80 valence electrons. The number of carbonyl (C=O) groups excluding carboxylic acids is 1. The molecule has 16 heavy (non-hydrogen) atoms. The molecule has 0 heterocycles. The molecule has 0 fully saturated rings. The summed E-state index contributed by atoms with van der Waals surface area (Å²) in [5, 5.41) is 0. The first-order valence-electron chi connectivity index (χ1n) is 4.73. The Morgan fingerprint density at radius 3 is 2.12 bits per heavy atom. The van der Waals surface area contributed by atoms with Crippen LogP contribution in [0.25, 0.3) is 0 Å². The lowest BCUT2D eigenvalue weighted by Crippen LogP contribution is -2.03. The van der Waals surface area contributed by atoms with E-state index in [4.69, 9.17) is 0 Å². The van der Waals surface area contributed by atoms with Gasteiger partial charge < -0.3 is 0 Å². The van der Waals surface area contributed by atoms with Crippen molar-refractivity contribution in [2.45, 2.75) is 0 Å². The maximum atomic E-state index is 12.2. The van der Waals surface area contributed by atoms with Crippen LogP contribution in [0.3, 0.4) is 0 Å². The predicted octanol–water partition coefficient (Wildman–Crippen LogP) is 4.13. The second-order valence-corrected chi connectivity index (χ2v) is 5.72. The summed E-state index contributed by atoms with van der Waals surface area (Å²) < 4.78 is 2.13. The molecule has 0 aliphatic carbocycles. The summed E-state index contributed by atoms with van der Waals surface area (Å²) in [5.41, 5.74) is 1.51. The van der Waals surface area contributed by atoms with E-state index in [1.54, 1.807) is 0 Å². The van der Waals surface area contributed by atoms with Crippen molar-refractivity contribution in [3.05, 3.63) is 66.8 Å². The van der Waals surface area contributed by atoms with Gasteiger partial charge in [0.05, 0.1) is 0 Å². The van der Waals surface area contributed by atoms with Gasteiger partial charge in [-0.3, -0.25) is 4.79 Å². The molecule has 0 saturated heterocycles. The number of halogens is 2. The minimum atomic E-state index is 0.0846. The van der Waals surface area contributed by atoms with Gasteiger partial charge in [-0.1, -0.05) is 12.1 Å². The molecule has 0 aromatic heterocycles. The molecular weight excluding hydrogens is 426 g/mol. The molecule has 0 amide bonds. The summed E-state index contributed by atoms with van der Waals surface area (Å²) in [5.74, 6) is 0.0846. The fourth-order valence-corrected chi connectivity index (χ4v) is 2.39. The van der Waals surface area contributed by atoms with Gasteiger partial charge in [0, 0.05) is 18.3 Å². The van der Waals surface area contributed by atoms with E-state index in [-0.39, 0.29) is 5.78 Å². The summed E-state index contributed by atoms with van der Waals surface area (Å²) in [4.78, 5) is 12.2. The molecule has 0 unspecified atom stereocenters. The predicted molar refractivity (Wildman–Crippen MR) is 81.8 cm³/mol. The van der Waals surface area contributed by atoms with Gasteiger partial charge in [0.1, 0.15) is 0 Å². The van der Waals surface area contributed by atoms with Crippen molar-refractivity contribution in [1.82, 2.24) is 0 Å². The van der Waals surface area contributed by atoms with Crippen molar-refractivity contribution in [3.63, 3.8) is 0 Å². The highest BCUT2D eigenvalue weighted by molar-refractivity contribution is 14.1. The van der Waals surface area contributed by atoms with Crippen LogP contribution >= 0.6 is 45.2 Å². The highest BCUT2D eigenvalue weighted by atomic mass is 127. The van der Waals surface area contributed by atoms with E-state index in [1.807, 2.05) is 48.5 Å². The van der Waals surface area contributed by atoms with Gasteiger partial charge in [-0.15, -0.1) is 0 Å². The van der Waals surface area contributed by atoms with Gasteiger partial charge in [0.25, 0.3) is 0 Å². The van der Waals surface area contributed by atoms with E-state index in [2.05, 4.69) is 45.2 Å². The third-order valence-corrected chi connectivity index (χ3v) is 3.88. The van der Waals surface area contributed by atoms with Crippen LogP contribution in [-0.2, 0) is 0 Å². The molecule has 0 saturated carbocycles. The highest BCUT2D eigenvalue weighted by Crippen LogP contribution is 2.17. The highest BCUT2D eigenvalue weighted by Gasteiger charge is 2.11. The third-order valence-electron chi connectivity index (χ3n) is 2.22. The fourth-order valence-electron chi connectivity index (χ4n) is 1.40. The number of hydrogen-bond donors (Lipinski definition) is 0. The fraction of sp³-hybridized carbons (Fsp3) is 0. The number of ketones is 1. The van der Waals surface area contributed by atoms with Gasteiger partial charge in [0.15, 0.2) is 5.78 Å². The first-order valence-corrected chi connectivity index (χ1v) is 6.89. The topological polar surface area (TPSA) is 17.1 Å². The number of rotatable bonds is 2. The molecule has 0 aliphatic rings.